The second-order valence-corrected chi connectivity index (χ2v) is 11.8. The Labute approximate surface area is 208 Å². The molecule has 0 radical (unpaired) electrons. The summed E-state index contributed by atoms with van der Waals surface area (Å²) in [6.07, 6.45) is 0. The summed E-state index contributed by atoms with van der Waals surface area (Å²) in [7, 11) is 0. The number of benzene rings is 4. The molecular weight excluding hydrogens is 428 g/mol. The molecular formula is C33H34O2. The molecule has 35 heavy (non-hydrogen) atoms. The molecule has 2 N–H and O–H groups in total. The van der Waals surface area contributed by atoms with Crippen molar-refractivity contribution in [3.63, 3.8) is 0 Å². The molecule has 4 aromatic carbocycles. The first-order valence-corrected chi connectivity index (χ1v) is 12.4. The van der Waals surface area contributed by atoms with Crippen LogP contribution in [-0.4, -0.2) is 10.2 Å². The van der Waals surface area contributed by atoms with E-state index < -0.39 is 0 Å². The van der Waals surface area contributed by atoms with Crippen LogP contribution in [0.15, 0.2) is 78.9 Å². The number of hydrogen-bond donors (Lipinski definition) is 2. The Kier molecular flexibility index (Phi) is 5.32. The highest BCUT2D eigenvalue weighted by atomic mass is 16.3. The van der Waals surface area contributed by atoms with Crippen molar-refractivity contribution in [3.05, 3.63) is 107 Å². The minimum absolute atomic E-state index is 0.127. The van der Waals surface area contributed by atoms with Gasteiger partial charge in [-0.05, 0) is 85.2 Å². The predicted octanol–water partition coefficient (Wildman–Crippen LogP) is 8.52. The van der Waals surface area contributed by atoms with Crippen LogP contribution in [0.25, 0.3) is 22.3 Å². The van der Waals surface area contributed by atoms with Crippen LogP contribution in [0.4, 0.5) is 0 Å². The lowest BCUT2D eigenvalue weighted by atomic mass is 9.81. The Morgan fingerprint density at radius 2 is 1.09 bits per heavy atom. The number of hydrogen-bond acceptors (Lipinski definition) is 2. The molecule has 0 aliphatic heterocycles. The van der Waals surface area contributed by atoms with Gasteiger partial charge in [0.2, 0.25) is 0 Å². The van der Waals surface area contributed by atoms with Crippen molar-refractivity contribution in [2.75, 3.05) is 0 Å². The molecule has 4 aromatic rings. The minimum atomic E-state index is -0.144. The Morgan fingerprint density at radius 1 is 0.543 bits per heavy atom. The maximum Gasteiger partial charge on any atom is 0.119 e. The van der Waals surface area contributed by atoms with Gasteiger partial charge in [-0.1, -0.05) is 96.1 Å². The summed E-state index contributed by atoms with van der Waals surface area (Å²) < 4.78 is 0. The van der Waals surface area contributed by atoms with Gasteiger partial charge in [-0.3, -0.25) is 0 Å². The van der Waals surface area contributed by atoms with E-state index in [1.807, 2.05) is 18.2 Å². The van der Waals surface area contributed by atoms with E-state index in [4.69, 9.17) is 0 Å². The van der Waals surface area contributed by atoms with E-state index in [1.54, 1.807) is 0 Å². The third-order valence-electron chi connectivity index (χ3n) is 7.23. The number of aromatic hydroxyl groups is 2. The normalized spacial score (nSPS) is 15.1. The van der Waals surface area contributed by atoms with Gasteiger partial charge in [0.1, 0.15) is 11.5 Å². The van der Waals surface area contributed by atoms with Crippen molar-refractivity contribution < 1.29 is 10.2 Å². The van der Waals surface area contributed by atoms with Gasteiger partial charge in [-0.15, -0.1) is 0 Å². The molecule has 2 nitrogen and oxygen atoms in total. The second kappa shape index (κ2) is 8.02. The van der Waals surface area contributed by atoms with Crippen molar-refractivity contribution in [3.8, 4) is 33.8 Å². The standard InChI is InChI=1S/C33H34O2/c1-32(2,3)27-18-21(12-15-29(27)34)20-11-14-25-26(17-20)23-9-7-8-10-24(23)31(25)22-13-16-30(35)28(19-22)33(4,5)6/h7-19,31,34-35H,1-6H3. The van der Waals surface area contributed by atoms with Crippen molar-refractivity contribution in [2.24, 2.45) is 0 Å². The topological polar surface area (TPSA) is 40.5 Å². The van der Waals surface area contributed by atoms with Crippen molar-refractivity contribution in [1.29, 1.82) is 0 Å². The van der Waals surface area contributed by atoms with Gasteiger partial charge in [-0.25, -0.2) is 0 Å². The van der Waals surface area contributed by atoms with Crippen LogP contribution >= 0.6 is 0 Å². The molecule has 0 bridgehead atoms. The van der Waals surface area contributed by atoms with Crippen LogP contribution in [-0.2, 0) is 10.8 Å². The molecule has 178 valence electrons. The number of phenols is 2. The number of fused-ring (bicyclic) bond motifs is 3. The summed E-state index contributed by atoms with van der Waals surface area (Å²) in [4.78, 5) is 0. The second-order valence-electron chi connectivity index (χ2n) is 11.8. The molecule has 0 saturated heterocycles. The van der Waals surface area contributed by atoms with Gasteiger partial charge in [0.15, 0.2) is 0 Å². The highest BCUT2D eigenvalue weighted by molar-refractivity contribution is 5.84. The first-order chi connectivity index (χ1) is 16.4. The van der Waals surface area contributed by atoms with E-state index >= 15 is 0 Å². The average molecular weight is 463 g/mol. The molecule has 0 amide bonds. The average Bonchev–Trinajstić information content (AvgIpc) is 3.12. The first kappa shape index (κ1) is 23.2. The fraction of sp³-hybridized carbons (Fsp3) is 0.273. The van der Waals surface area contributed by atoms with E-state index in [9.17, 15) is 10.2 Å². The molecule has 1 aliphatic rings. The number of rotatable bonds is 2. The fourth-order valence-electron chi connectivity index (χ4n) is 5.39. The maximum atomic E-state index is 10.5. The smallest absolute Gasteiger partial charge is 0.119 e. The zero-order chi connectivity index (χ0) is 25.1. The van der Waals surface area contributed by atoms with Crippen LogP contribution in [0.3, 0.4) is 0 Å². The molecule has 1 atom stereocenters. The summed E-state index contributed by atoms with van der Waals surface area (Å²) in [6, 6.07) is 27.4. The Bertz CT molecular complexity index is 1430. The molecule has 0 saturated carbocycles. The third-order valence-corrected chi connectivity index (χ3v) is 7.23. The lowest BCUT2D eigenvalue weighted by Crippen LogP contribution is -2.12. The van der Waals surface area contributed by atoms with Crippen LogP contribution in [0, 0.1) is 0 Å². The SMILES string of the molecule is CC(C)(C)c1cc(-c2ccc3c(c2)-c2ccccc2C3c2ccc(O)c(C(C)(C)C)c2)ccc1O. The molecule has 5 rings (SSSR count). The van der Waals surface area contributed by atoms with Gasteiger partial charge < -0.3 is 10.2 Å². The van der Waals surface area contributed by atoms with E-state index in [2.05, 4.69) is 102 Å². The molecule has 0 heterocycles. The van der Waals surface area contributed by atoms with Gasteiger partial charge >= 0.3 is 0 Å². The summed E-state index contributed by atoms with van der Waals surface area (Å²) in [5, 5.41) is 21.0. The fourth-order valence-corrected chi connectivity index (χ4v) is 5.39. The molecule has 1 unspecified atom stereocenters. The summed E-state index contributed by atoms with van der Waals surface area (Å²) in [6.45, 7) is 12.8. The summed E-state index contributed by atoms with van der Waals surface area (Å²) in [5.41, 5.74) is 10.2. The van der Waals surface area contributed by atoms with Gasteiger partial charge in [-0.2, -0.15) is 0 Å². The Hall–Kier alpha value is -3.52. The van der Waals surface area contributed by atoms with E-state index in [0.29, 0.717) is 11.5 Å². The van der Waals surface area contributed by atoms with E-state index in [-0.39, 0.29) is 16.7 Å². The van der Waals surface area contributed by atoms with Crippen molar-refractivity contribution >= 4 is 0 Å². The zero-order valence-corrected chi connectivity index (χ0v) is 21.5. The molecule has 0 fully saturated rings. The number of phenolic OH excluding ortho intramolecular Hbond substituents is 2. The van der Waals surface area contributed by atoms with E-state index in [1.165, 1.54) is 27.8 Å². The van der Waals surface area contributed by atoms with Crippen LogP contribution in [0.1, 0.15) is 75.3 Å². The molecule has 2 heteroatoms. The zero-order valence-electron chi connectivity index (χ0n) is 21.5. The van der Waals surface area contributed by atoms with Crippen molar-refractivity contribution in [2.45, 2.75) is 58.3 Å². The van der Waals surface area contributed by atoms with Crippen LogP contribution in [0.2, 0.25) is 0 Å². The van der Waals surface area contributed by atoms with Gasteiger partial charge in [0.25, 0.3) is 0 Å². The maximum absolute atomic E-state index is 10.5. The van der Waals surface area contributed by atoms with Gasteiger partial charge in [0, 0.05) is 5.92 Å². The molecule has 0 spiro atoms. The van der Waals surface area contributed by atoms with Crippen molar-refractivity contribution in [1.82, 2.24) is 0 Å². The summed E-state index contributed by atoms with van der Waals surface area (Å²) in [5.74, 6) is 0.821. The third kappa shape index (κ3) is 4.01. The first-order valence-electron chi connectivity index (χ1n) is 12.4. The predicted molar refractivity (Wildman–Crippen MR) is 145 cm³/mol. The van der Waals surface area contributed by atoms with Crippen LogP contribution in [0.5, 0.6) is 11.5 Å². The highest BCUT2D eigenvalue weighted by Gasteiger charge is 2.31. The Balaban J connectivity index is 1.66. The van der Waals surface area contributed by atoms with E-state index in [0.717, 1.165) is 22.3 Å². The summed E-state index contributed by atoms with van der Waals surface area (Å²) >= 11 is 0. The van der Waals surface area contributed by atoms with Crippen LogP contribution < -0.4 is 0 Å². The van der Waals surface area contributed by atoms with Gasteiger partial charge in [0.05, 0.1) is 0 Å². The lowest BCUT2D eigenvalue weighted by molar-refractivity contribution is 0.445. The molecule has 1 aliphatic carbocycles. The minimum Gasteiger partial charge on any atom is -0.508 e. The lowest BCUT2D eigenvalue weighted by Gasteiger charge is -2.23. The molecule has 0 aromatic heterocycles. The monoisotopic (exact) mass is 462 g/mol. The Morgan fingerprint density at radius 3 is 1.77 bits per heavy atom. The quantitative estimate of drug-likeness (QED) is 0.276. The largest absolute Gasteiger partial charge is 0.508 e. The highest BCUT2D eigenvalue weighted by Crippen LogP contribution is 2.50.